The Balaban J connectivity index is 1.79. The fourth-order valence-electron chi connectivity index (χ4n) is 2.11. The van der Waals surface area contributed by atoms with Crippen molar-refractivity contribution in [3.8, 4) is 5.69 Å². The van der Waals surface area contributed by atoms with Gasteiger partial charge in [-0.1, -0.05) is 19.1 Å². The van der Waals surface area contributed by atoms with Gasteiger partial charge in [0.25, 0.3) is 0 Å². The molecule has 0 unspecified atom stereocenters. The first-order valence-electron chi connectivity index (χ1n) is 6.16. The Morgan fingerprint density at radius 2 is 2.22 bits per heavy atom. The van der Waals surface area contributed by atoms with Crippen molar-refractivity contribution in [3.05, 3.63) is 43.0 Å². The molecular formula is C14H17N3O. The molecule has 1 saturated heterocycles. The lowest BCUT2D eigenvalue weighted by molar-refractivity contribution is -0.0924. The summed E-state index contributed by atoms with van der Waals surface area (Å²) in [5, 5.41) is 3.52. The van der Waals surface area contributed by atoms with Crippen LogP contribution in [0.15, 0.2) is 43.0 Å². The standard InChI is InChI=1S/C14H17N3O/c1-14(9-18-10-14)8-16-12-4-2-3-5-13(12)17-7-6-15-11-17/h2-7,11,16H,8-10H2,1H3. The van der Waals surface area contributed by atoms with Gasteiger partial charge >= 0.3 is 0 Å². The molecule has 0 spiro atoms. The molecule has 0 radical (unpaired) electrons. The van der Waals surface area contributed by atoms with E-state index in [4.69, 9.17) is 4.74 Å². The van der Waals surface area contributed by atoms with Gasteiger partial charge in [-0.3, -0.25) is 0 Å². The molecule has 1 fully saturated rings. The predicted octanol–water partition coefficient (Wildman–Crippen LogP) is 2.32. The van der Waals surface area contributed by atoms with Gasteiger partial charge in [-0.2, -0.15) is 0 Å². The average Bonchev–Trinajstić information content (AvgIpc) is 2.88. The number of ether oxygens (including phenoxy) is 1. The highest BCUT2D eigenvalue weighted by Gasteiger charge is 2.33. The smallest absolute Gasteiger partial charge is 0.0992 e. The first kappa shape index (κ1) is 11.3. The van der Waals surface area contributed by atoms with E-state index in [1.807, 2.05) is 29.2 Å². The van der Waals surface area contributed by atoms with Gasteiger partial charge in [0.05, 0.1) is 30.9 Å². The van der Waals surface area contributed by atoms with Gasteiger partial charge in [-0.25, -0.2) is 4.98 Å². The number of nitrogens with zero attached hydrogens (tertiary/aromatic N) is 2. The molecule has 4 heteroatoms. The van der Waals surface area contributed by atoms with E-state index >= 15 is 0 Å². The van der Waals surface area contributed by atoms with E-state index in [0.717, 1.165) is 31.1 Å². The van der Waals surface area contributed by atoms with E-state index in [9.17, 15) is 0 Å². The van der Waals surface area contributed by atoms with Crippen molar-refractivity contribution in [1.82, 2.24) is 9.55 Å². The maximum atomic E-state index is 5.27. The zero-order valence-electron chi connectivity index (χ0n) is 10.5. The number of hydrogen-bond donors (Lipinski definition) is 1. The molecule has 1 aliphatic heterocycles. The Bertz CT molecular complexity index is 518. The van der Waals surface area contributed by atoms with Crippen LogP contribution in [0.5, 0.6) is 0 Å². The van der Waals surface area contributed by atoms with Crippen LogP contribution in [0.2, 0.25) is 0 Å². The number of para-hydroxylation sites is 2. The van der Waals surface area contributed by atoms with Crippen molar-refractivity contribution in [2.24, 2.45) is 5.41 Å². The minimum Gasteiger partial charge on any atom is -0.383 e. The van der Waals surface area contributed by atoms with Crippen LogP contribution in [-0.2, 0) is 4.74 Å². The minimum absolute atomic E-state index is 0.266. The summed E-state index contributed by atoms with van der Waals surface area (Å²) < 4.78 is 7.29. The van der Waals surface area contributed by atoms with Crippen LogP contribution in [0.25, 0.3) is 5.69 Å². The van der Waals surface area contributed by atoms with Gasteiger partial charge in [0.15, 0.2) is 0 Å². The molecule has 0 atom stereocenters. The number of aromatic nitrogens is 2. The monoisotopic (exact) mass is 243 g/mol. The zero-order chi connectivity index (χ0) is 12.4. The molecule has 0 aliphatic carbocycles. The molecule has 1 N–H and O–H groups in total. The summed E-state index contributed by atoms with van der Waals surface area (Å²) in [6.07, 6.45) is 5.56. The molecule has 94 valence electrons. The van der Waals surface area contributed by atoms with Crippen molar-refractivity contribution in [2.45, 2.75) is 6.92 Å². The van der Waals surface area contributed by atoms with Gasteiger partial charge in [0, 0.05) is 24.4 Å². The Morgan fingerprint density at radius 3 is 2.89 bits per heavy atom. The Kier molecular flexibility index (Phi) is 2.80. The van der Waals surface area contributed by atoms with E-state index in [1.54, 1.807) is 6.20 Å². The first-order chi connectivity index (χ1) is 8.77. The second-order valence-electron chi connectivity index (χ2n) is 5.14. The van der Waals surface area contributed by atoms with Crippen LogP contribution in [-0.4, -0.2) is 29.3 Å². The average molecular weight is 243 g/mol. The topological polar surface area (TPSA) is 39.1 Å². The van der Waals surface area contributed by atoms with E-state index < -0.39 is 0 Å². The van der Waals surface area contributed by atoms with Crippen molar-refractivity contribution in [1.29, 1.82) is 0 Å². The van der Waals surface area contributed by atoms with Gasteiger partial charge < -0.3 is 14.6 Å². The van der Waals surface area contributed by atoms with Crippen molar-refractivity contribution >= 4 is 5.69 Å². The Hall–Kier alpha value is -1.81. The normalized spacial score (nSPS) is 17.2. The Labute approximate surface area is 107 Å². The number of benzene rings is 1. The van der Waals surface area contributed by atoms with Crippen molar-refractivity contribution in [3.63, 3.8) is 0 Å². The largest absolute Gasteiger partial charge is 0.383 e. The summed E-state index contributed by atoms with van der Waals surface area (Å²) in [5.74, 6) is 0. The van der Waals surface area contributed by atoms with Crippen LogP contribution in [0, 0.1) is 5.41 Å². The van der Waals surface area contributed by atoms with Crippen molar-refractivity contribution < 1.29 is 4.74 Å². The third-order valence-corrected chi connectivity index (χ3v) is 3.29. The molecule has 3 rings (SSSR count). The molecule has 1 aromatic carbocycles. The van der Waals surface area contributed by atoms with Gasteiger partial charge in [-0.05, 0) is 12.1 Å². The fraction of sp³-hybridized carbons (Fsp3) is 0.357. The molecule has 0 bridgehead atoms. The number of anilines is 1. The van der Waals surface area contributed by atoms with Crippen LogP contribution in [0.1, 0.15) is 6.92 Å². The summed E-state index contributed by atoms with van der Waals surface area (Å²) in [4.78, 5) is 4.09. The third kappa shape index (κ3) is 2.11. The maximum Gasteiger partial charge on any atom is 0.0992 e. The van der Waals surface area contributed by atoms with Crippen LogP contribution in [0.4, 0.5) is 5.69 Å². The second-order valence-corrected chi connectivity index (χ2v) is 5.14. The number of nitrogens with one attached hydrogen (secondary N) is 1. The molecule has 18 heavy (non-hydrogen) atoms. The van der Waals surface area contributed by atoms with E-state index in [1.165, 1.54) is 0 Å². The lowest BCUT2D eigenvalue weighted by atomic mass is 9.88. The Morgan fingerprint density at radius 1 is 1.39 bits per heavy atom. The number of rotatable bonds is 4. The zero-order valence-corrected chi connectivity index (χ0v) is 10.5. The van der Waals surface area contributed by atoms with Crippen LogP contribution >= 0.6 is 0 Å². The molecule has 0 amide bonds. The van der Waals surface area contributed by atoms with E-state index in [0.29, 0.717) is 0 Å². The van der Waals surface area contributed by atoms with Crippen LogP contribution in [0.3, 0.4) is 0 Å². The number of imidazole rings is 1. The summed E-state index contributed by atoms with van der Waals surface area (Å²) in [5.41, 5.74) is 2.52. The fourth-order valence-corrected chi connectivity index (χ4v) is 2.11. The van der Waals surface area contributed by atoms with E-state index in [2.05, 4.69) is 29.4 Å². The maximum absolute atomic E-state index is 5.27. The highest BCUT2D eigenvalue weighted by Crippen LogP contribution is 2.28. The molecule has 0 saturated carbocycles. The summed E-state index contributed by atoms with van der Waals surface area (Å²) >= 11 is 0. The summed E-state index contributed by atoms with van der Waals surface area (Å²) in [7, 11) is 0. The van der Waals surface area contributed by atoms with E-state index in [-0.39, 0.29) is 5.41 Å². The van der Waals surface area contributed by atoms with Crippen LogP contribution < -0.4 is 5.32 Å². The molecule has 2 heterocycles. The number of hydrogen-bond acceptors (Lipinski definition) is 3. The molecule has 1 aliphatic rings. The lowest BCUT2D eigenvalue weighted by Gasteiger charge is -2.38. The quantitative estimate of drug-likeness (QED) is 0.895. The molecule has 2 aromatic rings. The minimum atomic E-state index is 0.266. The summed E-state index contributed by atoms with van der Waals surface area (Å²) in [6.45, 7) is 4.85. The molecular weight excluding hydrogens is 226 g/mol. The van der Waals surface area contributed by atoms with Gasteiger partial charge in [0.1, 0.15) is 0 Å². The predicted molar refractivity (Wildman–Crippen MR) is 71.0 cm³/mol. The lowest BCUT2D eigenvalue weighted by Crippen LogP contribution is -2.45. The first-order valence-corrected chi connectivity index (χ1v) is 6.16. The third-order valence-electron chi connectivity index (χ3n) is 3.29. The highest BCUT2D eigenvalue weighted by atomic mass is 16.5. The van der Waals surface area contributed by atoms with Gasteiger partial charge in [-0.15, -0.1) is 0 Å². The molecule has 1 aromatic heterocycles. The summed E-state index contributed by atoms with van der Waals surface area (Å²) in [6, 6.07) is 8.26. The second kappa shape index (κ2) is 4.46. The van der Waals surface area contributed by atoms with Crippen molar-refractivity contribution in [2.75, 3.05) is 25.1 Å². The van der Waals surface area contributed by atoms with Gasteiger partial charge in [0.2, 0.25) is 0 Å². The highest BCUT2D eigenvalue weighted by molar-refractivity contribution is 5.61. The molecule has 4 nitrogen and oxygen atoms in total. The SMILES string of the molecule is CC1(CNc2ccccc2-n2ccnc2)COC1.